The summed E-state index contributed by atoms with van der Waals surface area (Å²) in [7, 11) is 1.63. The molecular weight excluding hydrogens is 264 g/mol. The first-order chi connectivity index (χ1) is 9.63. The van der Waals surface area contributed by atoms with E-state index in [1.165, 1.54) is 22.9 Å². The Kier molecular flexibility index (Phi) is 7.38. The van der Waals surface area contributed by atoms with E-state index in [0.717, 1.165) is 6.42 Å². The van der Waals surface area contributed by atoms with Crippen LogP contribution in [0.4, 0.5) is 5.69 Å². The molecule has 7 nitrogen and oxygen atoms in total. The lowest BCUT2D eigenvalue weighted by atomic mass is 10.4. The molecule has 0 aliphatic carbocycles. The highest BCUT2D eigenvalue weighted by Crippen LogP contribution is 1.96. The Morgan fingerprint density at radius 2 is 2.05 bits per heavy atom. The van der Waals surface area contributed by atoms with Gasteiger partial charge in [-0.3, -0.25) is 9.59 Å². The van der Waals surface area contributed by atoms with E-state index < -0.39 is 5.97 Å². The summed E-state index contributed by atoms with van der Waals surface area (Å²) < 4.78 is 16.3. The van der Waals surface area contributed by atoms with Gasteiger partial charge in [-0.2, -0.15) is 0 Å². The van der Waals surface area contributed by atoms with Crippen LogP contribution in [0.15, 0.2) is 23.1 Å². The van der Waals surface area contributed by atoms with Crippen LogP contribution in [0.1, 0.15) is 6.42 Å². The molecule has 0 bridgehead atoms. The van der Waals surface area contributed by atoms with Gasteiger partial charge in [-0.25, -0.2) is 0 Å². The van der Waals surface area contributed by atoms with E-state index in [2.05, 4.69) is 0 Å². The topological polar surface area (TPSA) is 92.8 Å². The molecule has 0 spiro atoms. The second-order valence-corrected chi connectivity index (χ2v) is 4.11. The minimum absolute atomic E-state index is 0.156. The van der Waals surface area contributed by atoms with E-state index in [1.54, 1.807) is 7.11 Å². The summed E-state index contributed by atoms with van der Waals surface area (Å²) in [5.41, 5.74) is 5.66. The van der Waals surface area contributed by atoms with Crippen molar-refractivity contribution < 1.29 is 19.0 Å². The first-order valence-electron chi connectivity index (χ1n) is 6.31. The fourth-order valence-electron chi connectivity index (χ4n) is 1.48. The number of rotatable bonds is 9. The van der Waals surface area contributed by atoms with Gasteiger partial charge in [0.15, 0.2) is 0 Å². The van der Waals surface area contributed by atoms with Gasteiger partial charge in [0.25, 0.3) is 5.56 Å². The summed E-state index contributed by atoms with van der Waals surface area (Å²) in [6, 6.07) is 2.79. The largest absolute Gasteiger partial charge is 0.462 e. The number of pyridine rings is 1. The molecule has 1 rings (SSSR count). The van der Waals surface area contributed by atoms with Crippen LogP contribution >= 0.6 is 0 Å². The van der Waals surface area contributed by atoms with Crippen molar-refractivity contribution in [1.82, 2.24) is 4.57 Å². The molecule has 112 valence electrons. The minimum atomic E-state index is -0.502. The van der Waals surface area contributed by atoms with E-state index in [0.29, 0.717) is 25.5 Å². The molecule has 1 heterocycles. The predicted molar refractivity (Wildman–Crippen MR) is 73.4 cm³/mol. The van der Waals surface area contributed by atoms with Crippen LogP contribution in [0.3, 0.4) is 0 Å². The number of ether oxygens (including phenoxy) is 3. The predicted octanol–water partition coefficient (Wildman–Crippen LogP) is 0.0268. The van der Waals surface area contributed by atoms with Gasteiger partial charge in [0.1, 0.15) is 13.2 Å². The number of hydrogen-bond acceptors (Lipinski definition) is 6. The third-order valence-electron chi connectivity index (χ3n) is 2.43. The average molecular weight is 284 g/mol. The van der Waals surface area contributed by atoms with Crippen LogP contribution in [0.5, 0.6) is 0 Å². The highest BCUT2D eigenvalue weighted by molar-refractivity contribution is 5.69. The van der Waals surface area contributed by atoms with Gasteiger partial charge in [0.05, 0.1) is 6.61 Å². The van der Waals surface area contributed by atoms with Crippen molar-refractivity contribution in [1.29, 1.82) is 0 Å². The van der Waals surface area contributed by atoms with Gasteiger partial charge < -0.3 is 24.5 Å². The van der Waals surface area contributed by atoms with Gasteiger partial charge in [-0.15, -0.1) is 0 Å². The van der Waals surface area contributed by atoms with Gasteiger partial charge in [-0.05, 0) is 12.5 Å². The number of nitrogens with two attached hydrogens (primary N) is 1. The molecule has 0 fully saturated rings. The highest BCUT2D eigenvalue weighted by atomic mass is 16.6. The van der Waals surface area contributed by atoms with E-state index in [-0.39, 0.29) is 18.7 Å². The molecule has 1 aromatic heterocycles. The number of carbonyl (C=O) groups excluding carboxylic acids is 1. The number of nitrogen functional groups attached to an aromatic ring is 1. The van der Waals surface area contributed by atoms with E-state index in [9.17, 15) is 9.59 Å². The number of carbonyl (C=O) groups is 1. The van der Waals surface area contributed by atoms with Crippen LogP contribution in [0.2, 0.25) is 0 Å². The molecule has 1 aromatic rings. The maximum absolute atomic E-state index is 11.5. The van der Waals surface area contributed by atoms with Crippen molar-refractivity contribution in [3.05, 3.63) is 28.7 Å². The summed E-state index contributed by atoms with van der Waals surface area (Å²) in [5, 5.41) is 0. The Morgan fingerprint density at radius 1 is 1.25 bits per heavy atom. The zero-order chi connectivity index (χ0) is 14.8. The Hall–Kier alpha value is -1.86. The molecule has 7 heteroatoms. The Bertz CT molecular complexity index is 472. The quantitative estimate of drug-likeness (QED) is 0.508. The molecular formula is C13H20N2O5. The zero-order valence-electron chi connectivity index (χ0n) is 11.5. The number of hydrogen-bond donors (Lipinski definition) is 1. The van der Waals surface area contributed by atoms with Gasteiger partial charge in [0.2, 0.25) is 0 Å². The summed E-state index contributed by atoms with van der Waals surface area (Å²) >= 11 is 0. The molecule has 0 unspecified atom stereocenters. The maximum atomic E-state index is 11.5. The zero-order valence-corrected chi connectivity index (χ0v) is 11.5. The molecule has 0 radical (unpaired) electrons. The summed E-state index contributed by atoms with van der Waals surface area (Å²) in [4.78, 5) is 23.0. The molecule has 20 heavy (non-hydrogen) atoms. The van der Waals surface area contributed by atoms with Crippen LogP contribution < -0.4 is 11.3 Å². The van der Waals surface area contributed by atoms with Crippen molar-refractivity contribution in [2.75, 3.05) is 39.3 Å². The summed E-state index contributed by atoms with van der Waals surface area (Å²) in [6.45, 7) is 1.51. The average Bonchev–Trinajstić information content (AvgIpc) is 2.42. The van der Waals surface area contributed by atoms with Crippen LogP contribution in [-0.2, 0) is 25.5 Å². The number of aromatic nitrogens is 1. The van der Waals surface area contributed by atoms with Crippen LogP contribution in [-0.4, -0.2) is 44.1 Å². The molecule has 0 aliphatic heterocycles. The number of nitrogens with zero attached hydrogens (tertiary/aromatic N) is 1. The third-order valence-corrected chi connectivity index (χ3v) is 2.43. The Morgan fingerprint density at radius 3 is 2.80 bits per heavy atom. The highest BCUT2D eigenvalue weighted by Gasteiger charge is 2.05. The summed E-state index contributed by atoms with van der Waals surface area (Å²) in [5.74, 6) is -0.502. The van der Waals surface area contributed by atoms with Crippen molar-refractivity contribution >= 4 is 11.7 Å². The number of methoxy groups -OCH3 is 1. The monoisotopic (exact) mass is 284 g/mol. The lowest BCUT2D eigenvalue weighted by Gasteiger charge is -2.08. The smallest absolute Gasteiger partial charge is 0.326 e. The maximum Gasteiger partial charge on any atom is 0.326 e. The standard InChI is InChI=1S/C13H20N2O5/c1-18-5-2-6-19-7-8-20-13(17)10-15-9-11(14)3-4-12(15)16/h3-4,9H,2,5-8,10,14H2,1H3. The molecule has 0 atom stereocenters. The lowest BCUT2D eigenvalue weighted by molar-refractivity contribution is -0.146. The Labute approximate surface area is 117 Å². The van der Waals surface area contributed by atoms with Crippen LogP contribution in [0, 0.1) is 0 Å². The number of esters is 1. The lowest BCUT2D eigenvalue weighted by Crippen LogP contribution is -2.25. The Balaban J connectivity index is 2.20. The normalized spacial score (nSPS) is 10.4. The van der Waals surface area contributed by atoms with E-state index >= 15 is 0 Å². The van der Waals surface area contributed by atoms with Crippen molar-refractivity contribution in [3.8, 4) is 0 Å². The molecule has 2 N–H and O–H groups in total. The SMILES string of the molecule is COCCCOCCOC(=O)Cn1cc(N)ccc1=O. The second-order valence-electron chi connectivity index (χ2n) is 4.11. The minimum Gasteiger partial charge on any atom is -0.462 e. The first-order valence-corrected chi connectivity index (χ1v) is 6.31. The van der Waals surface area contributed by atoms with E-state index in [1.807, 2.05) is 0 Å². The third kappa shape index (κ3) is 6.35. The second kappa shape index (κ2) is 9.11. The van der Waals surface area contributed by atoms with Gasteiger partial charge in [0, 0.05) is 38.3 Å². The molecule has 0 amide bonds. The fourth-order valence-corrected chi connectivity index (χ4v) is 1.48. The molecule has 0 saturated carbocycles. The van der Waals surface area contributed by atoms with Gasteiger partial charge in [-0.1, -0.05) is 0 Å². The van der Waals surface area contributed by atoms with Crippen molar-refractivity contribution in [3.63, 3.8) is 0 Å². The molecule has 0 aromatic carbocycles. The number of anilines is 1. The van der Waals surface area contributed by atoms with Crippen LogP contribution in [0.25, 0.3) is 0 Å². The fraction of sp³-hybridized carbons (Fsp3) is 0.538. The molecule has 0 aliphatic rings. The van der Waals surface area contributed by atoms with Gasteiger partial charge >= 0.3 is 5.97 Å². The first kappa shape index (κ1) is 16.2. The molecule has 0 saturated heterocycles. The van der Waals surface area contributed by atoms with Crippen molar-refractivity contribution in [2.45, 2.75) is 13.0 Å². The van der Waals surface area contributed by atoms with E-state index in [4.69, 9.17) is 19.9 Å². The summed E-state index contributed by atoms with van der Waals surface area (Å²) in [6.07, 6.45) is 2.20. The van der Waals surface area contributed by atoms with Crippen molar-refractivity contribution in [2.24, 2.45) is 0 Å².